The summed E-state index contributed by atoms with van der Waals surface area (Å²) in [6.45, 7) is 5.62. The number of halogens is 2. The lowest BCUT2D eigenvalue weighted by molar-refractivity contribution is 0.201. The monoisotopic (exact) mass is 388 g/mol. The molecule has 1 aromatic heterocycles. The van der Waals surface area contributed by atoms with Crippen LogP contribution in [0.2, 0.25) is 0 Å². The van der Waals surface area contributed by atoms with Crippen molar-refractivity contribution in [3.8, 4) is 10.6 Å². The molecule has 0 saturated carbocycles. The van der Waals surface area contributed by atoms with Crippen molar-refractivity contribution in [3.63, 3.8) is 0 Å². The quantitative estimate of drug-likeness (QED) is 0.454. The van der Waals surface area contributed by atoms with E-state index in [9.17, 15) is 4.39 Å². The fraction of sp³-hybridized carbons (Fsp3) is 0.286. The van der Waals surface area contributed by atoms with Crippen LogP contribution >= 0.6 is 22.9 Å². The highest BCUT2D eigenvalue weighted by Crippen LogP contribution is 2.27. The van der Waals surface area contributed by atoms with Crippen LogP contribution in [-0.2, 0) is 19.0 Å². The van der Waals surface area contributed by atoms with Crippen LogP contribution in [0.3, 0.4) is 0 Å². The van der Waals surface area contributed by atoms with Crippen molar-refractivity contribution >= 4 is 22.9 Å². The average Bonchev–Trinajstić information content (AvgIpc) is 3.13. The Morgan fingerprint density at radius 1 is 1.12 bits per heavy atom. The van der Waals surface area contributed by atoms with Gasteiger partial charge in [0, 0.05) is 35.6 Å². The van der Waals surface area contributed by atoms with Crippen molar-refractivity contribution in [2.24, 2.45) is 0 Å². The van der Waals surface area contributed by atoms with Gasteiger partial charge in [-0.2, -0.15) is 0 Å². The van der Waals surface area contributed by atoms with Crippen molar-refractivity contribution in [2.45, 2.75) is 38.9 Å². The maximum Gasteiger partial charge on any atom is 0.127 e. The number of hydrogen-bond acceptors (Lipinski definition) is 3. The first-order valence-corrected chi connectivity index (χ1v) is 10.1. The highest BCUT2D eigenvalue weighted by molar-refractivity contribution is 7.13. The molecule has 3 aromatic rings. The number of hydrogen-bond donors (Lipinski definition) is 0. The Hall–Kier alpha value is -1.75. The van der Waals surface area contributed by atoms with Crippen LogP contribution in [0.25, 0.3) is 10.6 Å². The molecule has 0 atom stereocenters. The van der Waals surface area contributed by atoms with Gasteiger partial charge in [0.2, 0.25) is 0 Å². The molecule has 0 saturated heterocycles. The third-order valence-electron chi connectivity index (χ3n) is 4.31. The third kappa shape index (κ3) is 4.70. The van der Waals surface area contributed by atoms with Gasteiger partial charge in [0.15, 0.2) is 0 Å². The highest BCUT2D eigenvalue weighted by Gasteiger charge is 2.15. The van der Waals surface area contributed by atoms with Gasteiger partial charge in [0.1, 0.15) is 10.8 Å². The van der Waals surface area contributed by atoms with Crippen molar-refractivity contribution < 1.29 is 4.39 Å². The number of benzene rings is 2. The minimum atomic E-state index is -0.179. The standard InChI is InChI=1S/C21H22ClFN2S/c1-15(2)25(12-16-6-4-3-5-7-16)13-18-10-17(8-9-20(18)23)21-24-19(11-22)14-26-21/h3-10,14-15H,11-13H2,1-2H3. The summed E-state index contributed by atoms with van der Waals surface area (Å²) in [4.78, 5) is 6.77. The molecule has 0 N–H and O–H groups in total. The summed E-state index contributed by atoms with van der Waals surface area (Å²) < 4.78 is 14.5. The molecule has 0 amide bonds. The van der Waals surface area contributed by atoms with Gasteiger partial charge in [-0.25, -0.2) is 9.37 Å². The van der Waals surface area contributed by atoms with Gasteiger partial charge in [0.25, 0.3) is 0 Å². The topological polar surface area (TPSA) is 16.1 Å². The molecule has 0 aliphatic heterocycles. The van der Waals surface area contributed by atoms with Crippen molar-refractivity contribution in [3.05, 3.63) is 76.5 Å². The molecule has 136 valence electrons. The molecule has 1 heterocycles. The minimum absolute atomic E-state index is 0.179. The predicted molar refractivity (Wildman–Crippen MR) is 108 cm³/mol. The van der Waals surface area contributed by atoms with E-state index >= 15 is 0 Å². The van der Waals surface area contributed by atoms with E-state index in [0.29, 0.717) is 24.0 Å². The lowest BCUT2D eigenvalue weighted by atomic mass is 10.1. The van der Waals surface area contributed by atoms with Crippen molar-refractivity contribution in [1.29, 1.82) is 0 Å². The highest BCUT2D eigenvalue weighted by atomic mass is 35.5. The molecule has 0 radical (unpaired) electrons. The van der Waals surface area contributed by atoms with E-state index < -0.39 is 0 Å². The lowest BCUT2D eigenvalue weighted by Crippen LogP contribution is -2.30. The molecule has 26 heavy (non-hydrogen) atoms. The fourth-order valence-electron chi connectivity index (χ4n) is 2.79. The summed E-state index contributed by atoms with van der Waals surface area (Å²) >= 11 is 7.38. The van der Waals surface area contributed by atoms with Crippen LogP contribution in [0.1, 0.15) is 30.7 Å². The molecule has 0 aliphatic carbocycles. The van der Waals surface area contributed by atoms with E-state index in [4.69, 9.17) is 11.6 Å². The number of nitrogens with zero attached hydrogens (tertiary/aromatic N) is 2. The van der Waals surface area contributed by atoms with Gasteiger partial charge in [-0.05, 0) is 37.6 Å². The van der Waals surface area contributed by atoms with Crippen LogP contribution < -0.4 is 0 Å². The third-order valence-corrected chi connectivity index (χ3v) is 5.53. The second-order valence-corrected chi connectivity index (χ2v) is 7.69. The second-order valence-electron chi connectivity index (χ2n) is 6.57. The van der Waals surface area contributed by atoms with Crippen molar-refractivity contribution in [1.82, 2.24) is 9.88 Å². The van der Waals surface area contributed by atoms with Crippen LogP contribution in [-0.4, -0.2) is 15.9 Å². The summed E-state index contributed by atoms with van der Waals surface area (Å²) in [5, 5.41) is 2.82. The molecular weight excluding hydrogens is 367 g/mol. The molecule has 0 spiro atoms. The van der Waals surface area contributed by atoms with E-state index in [1.165, 1.54) is 23.0 Å². The largest absolute Gasteiger partial charge is 0.292 e. The number of aromatic nitrogens is 1. The second kappa shape index (κ2) is 8.76. The Labute approximate surface area is 163 Å². The van der Waals surface area contributed by atoms with Crippen molar-refractivity contribution in [2.75, 3.05) is 0 Å². The molecule has 5 heteroatoms. The molecule has 0 unspecified atom stereocenters. The van der Waals surface area contributed by atoms with Gasteiger partial charge >= 0.3 is 0 Å². The number of alkyl halides is 1. The summed E-state index contributed by atoms with van der Waals surface area (Å²) in [6, 6.07) is 15.8. The van der Waals surface area contributed by atoms with Crippen LogP contribution in [0.4, 0.5) is 4.39 Å². The van der Waals surface area contributed by atoms with Gasteiger partial charge in [-0.15, -0.1) is 22.9 Å². The van der Waals surface area contributed by atoms with E-state index in [1.54, 1.807) is 6.07 Å². The van der Waals surface area contributed by atoms with E-state index in [1.807, 2.05) is 29.6 Å². The Morgan fingerprint density at radius 3 is 2.54 bits per heavy atom. The summed E-state index contributed by atoms with van der Waals surface area (Å²) in [5.74, 6) is 0.213. The molecule has 3 rings (SSSR count). The van der Waals surface area contributed by atoms with Gasteiger partial charge in [-0.3, -0.25) is 4.90 Å². The molecular formula is C21H22ClFN2S. The Kier molecular flexibility index (Phi) is 6.41. The zero-order valence-corrected chi connectivity index (χ0v) is 16.5. The number of thiazole rings is 1. The first kappa shape index (κ1) is 19.0. The zero-order chi connectivity index (χ0) is 18.5. The fourth-order valence-corrected chi connectivity index (χ4v) is 3.83. The van der Waals surface area contributed by atoms with Crippen LogP contribution in [0, 0.1) is 5.82 Å². The molecule has 0 fully saturated rings. The predicted octanol–water partition coefficient (Wildman–Crippen LogP) is 6.10. The molecule has 2 nitrogen and oxygen atoms in total. The summed E-state index contributed by atoms with van der Waals surface area (Å²) in [7, 11) is 0. The first-order valence-electron chi connectivity index (χ1n) is 8.64. The smallest absolute Gasteiger partial charge is 0.127 e. The molecule has 0 aliphatic rings. The SMILES string of the molecule is CC(C)N(Cc1ccccc1)Cc1cc(-c2nc(CCl)cs2)ccc1F. The summed E-state index contributed by atoms with van der Waals surface area (Å²) in [6.07, 6.45) is 0. The number of rotatable bonds is 7. The Balaban J connectivity index is 1.83. The molecule has 0 bridgehead atoms. The van der Waals surface area contributed by atoms with E-state index in [-0.39, 0.29) is 5.82 Å². The van der Waals surface area contributed by atoms with Gasteiger partial charge in [-0.1, -0.05) is 30.3 Å². The van der Waals surface area contributed by atoms with Gasteiger partial charge in [0.05, 0.1) is 11.6 Å². The van der Waals surface area contributed by atoms with Crippen LogP contribution in [0.5, 0.6) is 0 Å². The minimum Gasteiger partial charge on any atom is -0.292 e. The maximum absolute atomic E-state index is 14.5. The first-order chi connectivity index (χ1) is 12.6. The van der Waals surface area contributed by atoms with Crippen LogP contribution in [0.15, 0.2) is 53.9 Å². The Morgan fingerprint density at radius 2 is 1.88 bits per heavy atom. The summed E-state index contributed by atoms with van der Waals surface area (Å²) in [5.41, 5.74) is 3.70. The molecule has 2 aromatic carbocycles. The Bertz CT molecular complexity index is 848. The maximum atomic E-state index is 14.5. The van der Waals surface area contributed by atoms with E-state index in [2.05, 4.69) is 35.9 Å². The lowest BCUT2D eigenvalue weighted by Gasteiger charge is -2.27. The van der Waals surface area contributed by atoms with Gasteiger partial charge < -0.3 is 0 Å². The average molecular weight is 389 g/mol. The normalized spacial score (nSPS) is 11.5. The zero-order valence-electron chi connectivity index (χ0n) is 15.0. The van der Waals surface area contributed by atoms with E-state index in [0.717, 1.165) is 22.8 Å².